The molecular weight excluding hydrogens is 287 g/mol. The highest BCUT2D eigenvalue weighted by Gasteiger charge is 2.29. The van der Waals surface area contributed by atoms with Gasteiger partial charge in [0, 0.05) is 0 Å². The van der Waals surface area contributed by atoms with Gasteiger partial charge >= 0.3 is 0 Å². The zero-order valence-corrected chi connectivity index (χ0v) is 10.7. The first-order valence-corrected chi connectivity index (χ1v) is 6.32. The van der Waals surface area contributed by atoms with Crippen LogP contribution in [0.15, 0.2) is 30.3 Å². The largest absolute Gasteiger partial charge is 0.203 e. The van der Waals surface area contributed by atoms with Crippen LogP contribution in [-0.4, -0.2) is 0 Å². The van der Waals surface area contributed by atoms with Gasteiger partial charge in [0.2, 0.25) is 5.82 Å². The summed E-state index contributed by atoms with van der Waals surface area (Å²) in [5.41, 5.74) is 0.495. The third kappa shape index (κ3) is 2.04. The third-order valence-electron chi connectivity index (χ3n) is 3.55. The lowest BCUT2D eigenvalue weighted by Crippen LogP contribution is -2.10. The number of fused-ring (bicyclic) bond motifs is 1. The van der Waals surface area contributed by atoms with E-state index in [0.717, 1.165) is 5.56 Å². The first kappa shape index (κ1) is 13.8. The Balaban J connectivity index is 2.30. The Bertz CT molecular complexity index is 732. The first-order valence-electron chi connectivity index (χ1n) is 6.32. The molecule has 5 heteroatoms. The molecule has 1 aliphatic carbocycles. The summed E-state index contributed by atoms with van der Waals surface area (Å²) in [5.74, 6) is -9.58. The summed E-state index contributed by atoms with van der Waals surface area (Å²) in [5, 5.41) is 0. The Morgan fingerprint density at radius 3 is 1.95 bits per heavy atom. The highest BCUT2D eigenvalue weighted by atomic mass is 19.2. The molecule has 2 aromatic carbocycles. The van der Waals surface area contributed by atoms with Gasteiger partial charge in [-0.05, 0) is 29.5 Å². The third-order valence-corrected chi connectivity index (χ3v) is 3.55. The molecule has 0 N–H and O–H groups in total. The van der Waals surface area contributed by atoms with Gasteiger partial charge in [0.1, 0.15) is 0 Å². The summed E-state index contributed by atoms with van der Waals surface area (Å²) >= 11 is 0. The monoisotopic (exact) mass is 296 g/mol. The molecule has 3 rings (SSSR count). The van der Waals surface area contributed by atoms with E-state index in [1.165, 1.54) is 6.08 Å². The van der Waals surface area contributed by atoms with Crippen molar-refractivity contribution in [3.63, 3.8) is 0 Å². The molecule has 0 heterocycles. The molecule has 0 radical (unpaired) electrons. The van der Waals surface area contributed by atoms with Crippen LogP contribution >= 0.6 is 0 Å². The van der Waals surface area contributed by atoms with E-state index in [9.17, 15) is 22.0 Å². The van der Waals surface area contributed by atoms with Crippen LogP contribution in [0.25, 0.3) is 5.57 Å². The Hall–Kier alpha value is -2.17. The van der Waals surface area contributed by atoms with Crippen molar-refractivity contribution in [1.29, 1.82) is 0 Å². The van der Waals surface area contributed by atoms with Crippen molar-refractivity contribution in [3.8, 4) is 0 Å². The van der Waals surface area contributed by atoms with Crippen molar-refractivity contribution in [2.75, 3.05) is 0 Å². The highest BCUT2D eigenvalue weighted by molar-refractivity contribution is 5.83. The molecule has 0 amide bonds. The molecule has 0 spiro atoms. The number of allylic oxidation sites excluding steroid dienone is 1. The number of halogens is 5. The fourth-order valence-corrected chi connectivity index (χ4v) is 2.56. The Morgan fingerprint density at radius 2 is 1.29 bits per heavy atom. The lowest BCUT2D eigenvalue weighted by molar-refractivity contribution is 0.376. The minimum absolute atomic E-state index is 0.0460. The van der Waals surface area contributed by atoms with Crippen molar-refractivity contribution in [2.45, 2.75) is 12.8 Å². The van der Waals surface area contributed by atoms with Crippen LogP contribution in [0.1, 0.15) is 23.1 Å². The summed E-state index contributed by atoms with van der Waals surface area (Å²) in [7, 11) is 0. The van der Waals surface area contributed by atoms with E-state index in [2.05, 4.69) is 0 Å². The average molecular weight is 296 g/mol. The van der Waals surface area contributed by atoms with Gasteiger partial charge in [-0.3, -0.25) is 0 Å². The van der Waals surface area contributed by atoms with Gasteiger partial charge in [-0.2, -0.15) is 0 Å². The summed E-state index contributed by atoms with van der Waals surface area (Å²) in [6, 6.07) is 6.80. The van der Waals surface area contributed by atoms with Gasteiger partial charge in [-0.15, -0.1) is 0 Å². The fraction of sp³-hybridized carbons (Fsp3) is 0.125. The zero-order valence-electron chi connectivity index (χ0n) is 10.7. The van der Waals surface area contributed by atoms with Crippen molar-refractivity contribution >= 4 is 5.57 Å². The summed E-state index contributed by atoms with van der Waals surface area (Å²) in [6.07, 6.45) is 2.64. The number of hydrogen-bond donors (Lipinski definition) is 0. The molecule has 21 heavy (non-hydrogen) atoms. The molecule has 0 atom stereocenters. The lowest BCUT2D eigenvalue weighted by atomic mass is 9.86. The number of hydrogen-bond acceptors (Lipinski definition) is 0. The second kappa shape index (κ2) is 4.98. The van der Waals surface area contributed by atoms with Gasteiger partial charge in [-0.25, -0.2) is 22.0 Å². The normalized spacial score (nSPS) is 13.9. The first-order chi connectivity index (χ1) is 10.0. The number of rotatable bonds is 1. The van der Waals surface area contributed by atoms with Gasteiger partial charge in [0.25, 0.3) is 0 Å². The van der Waals surface area contributed by atoms with Crippen LogP contribution in [-0.2, 0) is 6.42 Å². The van der Waals surface area contributed by atoms with Crippen molar-refractivity contribution < 1.29 is 22.0 Å². The maximum absolute atomic E-state index is 13.9. The maximum atomic E-state index is 13.9. The van der Waals surface area contributed by atoms with E-state index in [1.54, 1.807) is 24.3 Å². The topological polar surface area (TPSA) is 0 Å². The second-order valence-corrected chi connectivity index (χ2v) is 4.76. The van der Waals surface area contributed by atoms with Gasteiger partial charge in [0.15, 0.2) is 23.3 Å². The second-order valence-electron chi connectivity index (χ2n) is 4.76. The molecule has 0 saturated carbocycles. The number of aryl methyl sites for hydroxylation is 1. The van der Waals surface area contributed by atoms with Crippen LogP contribution in [0.3, 0.4) is 0 Å². The van der Waals surface area contributed by atoms with Gasteiger partial charge in [0.05, 0.1) is 5.56 Å². The quantitative estimate of drug-likeness (QED) is 0.404. The van der Waals surface area contributed by atoms with Crippen LogP contribution in [0.5, 0.6) is 0 Å². The minimum atomic E-state index is -2.14. The summed E-state index contributed by atoms with van der Waals surface area (Å²) in [4.78, 5) is 0. The molecule has 2 aromatic rings. The maximum Gasteiger partial charge on any atom is 0.200 e. The van der Waals surface area contributed by atoms with E-state index in [4.69, 9.17) is 0 Å². The molecule has 0 saturated heterocycles. The SMILES string of the molecule is Fc1c(F)c(F)c(C2=CCCc3ccccc32)c(F)c1F. The predicted molar refractivity (Wildman–Crippen MR) is 68.1 cm³/mol. The Morgan fingerprint density at radius 1 is 0.714 bits per heavy atom. The van der Waals surface area contributed by atoms with Crippen LogP contribution in [0, 0.1) is 29.1 Å². The highest BCUT2D eigenvalue weighted by Crippen LogP contribution is 2.36. The van der Waals surface area contributed by atoms with E-state index in [1.807, 2.05) is 0 Å². The molecule has 0 unspecified atom stereocenters. The summed E-state index contributed by atoms with van der Waals surface area (Å²) in [6.45, 7) is 0. The van der Waals surface area contributed by atoms with Crippen molar-refractivity contribution in [1.82, 2.24) is 0 Å². The standard InChI is InChI=1S/C16H9F5/c17-12-11(13(18)15(20)16(21)14(12)19)10-7-3-5-8-4-1-2-6-9(8)10/h1-2,4,6-7H,3,5H2. The van der Waals surface area contributed by atoms with E-state index >= 15 is 0 Å². The van der Waals surface area contributed by atoms with Crippen molar-refractivity contribution in [3.05, 3.63) is 76.1 Å². The van der Waals surface area contributed by atoms with E-state index < -0.39 is 34.6 Å². The lowest BCUT2D eigenvalue weighted by Gasteiger charge is -2.19. The molecular formula is C16H9F5. The van der Waals surface area contributed by atoms with Crippen LogP contribution in [0.2, 0.25) is 0 Å². The molecule has 0 nitrogen and oxygen atoms in total. The Kier molecular flexibility index (Phi) is 3.27. The molecule has 0 bridgehead atoms. The fourth-order valence-electron chi connectivity index (χ4n) is 2.56. The molecule has 0 aliphatic heterocycles. The van der Waals surface area contributed by atoms with Crippen molar-refractivity contribution in [2.24, 2.45) is 0 Å². The minimum Gasteiger partial charge on any atom is -0.203 e. The van der Waals surface area contributed by atoms with E-state index in [0.29, 0.717) is 18.4 Å². The van der Waals surface area contributed by atoms with Crippen LogP contribution < -0.4 is 0 Å². The smallest absolute Gasteiger partial charge is 0.200 e. The molecule has 0 aromatic heterocycles. The average Bonchev–Trinajstić information content (AvgIpc) is 2.51. The van der Waals surface area contributed by atoms with E-state index in [-0.39, 0.29) is 5.57 Å². The van der Waals surface area contributed by atoms with Gasteiger partial charge in [-0.1, -0.05) is 30.3 Å². The molecule has 108 valence electrons. The Labute approximate surface area is 117 Å². The molecule has 0 fully saturated rings. The van der Waals surface area contributed by atoms with Crippen LogP contribution in [0.4, 0.5) is 22.0 Å². The zero-order chi connectivity index (χ0) is 15.1. The summed E-state index contributed by atoms with van der Waals surface area (Å²) < 4.78 is 67.6. The number of benzene rings is 2. The van der Waals surface area contributed by atoms with Gasteiger partial charge < -0.3 is 0 Å². The molecule has 1 aliphatic rings. The predicted octanol–water partition coefficient (Wildman–Crippen LogP) is 4.76.